The molecule has 0 aromatic heterocycles. The molecule has 0 aliphatic rings. The predicted molar refractivity (Wildman–Crippen MR) is 61.1 cm³/mol. The van der Waals surface area contributed by atoms with E-state index >= 15 is 0 Å². The molecular formula is C10H20O9. The summed E-state index contributed by atoms with van der Waals surface area (Å²) in [6.07, 6.45) is -7.73. The highest BCUT2D eigenvalue weighted by atomic mass is 16.4. The molecule has 7 N–H and O–H groups in total. The van der Waals surface area contributed by atoms with Crippen LogP contribution < -0.4 is 0 Å². The van der Waals surface area contributed by atoms with Gasteiger partial charge in [0.05, 0.1) is 19.1 Å². The first-order chi connectivity index (χ1) is 8.67. The highest BCUT2D eigenvalue weighted by molar-refractivity contribution is 5.67. The molecule has 9 nitrogen and oxygen atoms in total. The van der Waals surface area contributed by atoms with Crippen LogP contribution >= 0.6 is 0 Å². The quantitative estimate of drug-likeness (QED) is 0.233. The molecule has 0 saturated carbocycles. The van der Waals surface area contributed by atoms with Crippen LogP contribution in [0.5, 0.6) is 0 Å². The summed E-state index contributed by atoms with van der Waals surface area (Å²) >= 11 is 0. The number of hydrogen-bond acceptors (Lipinski definition) is 8. The summed E-state index contributed by atoms with van der Waals surface area (Å²) in [5.41, 5.74) is 0. The second kappa shape index (κ2) is 10.8. The molecule has 19 heavy (non-hydrogen) atoms. The summed E-state index contributed by atoms with van der Waals surface area (Å²) in [5.74, 6) is -0.963. The normalized spacial score (nSPS) is 18.3. The smallest absolute Gasteiger partial charge is 0.305 e. The van der Waals surface area contributed by atoms with Crippen LogP contribution in [0.15, 0.2) is 0 Å². The summed E-state index contributed by atoms with van der Waals surface area (Å²) in [7, 11) is 0. The summed E-state index contributed by atoms with van der Waals surface area (Å²) in [6.45, 7) is 0.678. The molecule has 114 valence electrons. The van der Waals surface area contributed by atoms with E-state index in [1.165, 1.54) is 6.92 Å². The Labute approximate surface area is 109 Å². The van der Waals surface area contributed by atoms with Crippen LogP contribution in [0.25, 0.3) is 0 Å². The fourth-order valence-corrected chi connectivity index (χ4v) is 0.871. The SMILES string of the molecule is CC(O)CC(=O)O.O=C[C@H](O)[C@@H](O)[C@H](O)[C@H](O)CO. The van der Waals surface area contributed by atoms with Crippen LogP contribution in [-0.4, -0.2) is 85.1 Å². The van der Waals surface area contributed by atoms with Crippen molar-refractivity contribution in [1.29, 1.82) is 0 Å². The van der Waals surface area contributed by atoms with E-state index in [0.717, 1.165) is 0 Å². The van der Waals surface area contributed by atoms with E-state index in [4.69, 9.17) is 35.7 Å². The van der Waals surface area contributed by atoms with E-state index in [2.05, 4.69) is 0 Å². The highest BCUT2D eigenvalue weighted by Gasteiger charge is 2.29. The molecule has 0 aromatic rings. The van der Waals surface area contributed by atoms with Gasteiger partial charge in [-0.2, -0.15) is 0 Å². The van der Waals surface area contributed by atoms with Crippen molar-refractivity contribution in [1.82, 2.24) is 0 Å². The number of carboxylic acid groups (broad SMARTS) is 1. The number of rotatable bonds is 7. The zero-order valence-electron chi connectivity index (χ0n) is 10.3. The molecule has 0 saturated heterocycles. The Morgan fingerprint density at radius 2 is 1.58 bits per heavy atom. The molecule has 0 fully saturated rings. The lowest BCUT2D eigenvalue weighted by Crippen LogP contribution is -2.46. The van der Waals surface area contributed by atoms with Crippen molar-refractivity contribution in [2.45, 2.75) is 43.9 Å². The maximum absolute atomic E-state index is 9.90. The van der Waals surface area contributed by atoms with Gasteiger partial charge >= 0.3 is 5.97 Å². The van der Waals surface area contributed by atoms with Crippen molar-refractivity contribution in [2.24, 2.45) is 0 Å². The van der Waals surface area contributed by atoms with Crippen LogP contribution in [0.1, 0.15) is 13.3 Å². The number of aliphatic hydroxyl groups excluding tert-OH is 6. The fourth-order valence-electron chi connectivity index (χ4n) is 0.871. The average Bonchev–Trinajstić information content (AvgIpc) is 2.34. The molecule has 0 radical (unpaired) electrons. The molecule has 9 heteroatoms. The van der Waals surface area contributed by atoms with Gasteiger partial charge in [-0.25, -0.2) is 0 Å². The standard InChI is InChI=1S/C6H12O6.C4H8O3/c7-1-3(9)5(11)6(12)4(10)2-8;1-3(5)2-4(6)7/h1,3-6,8-12H,2H2;3,5H,2H2,1H3,(H,6,7)/t3-,4+,5+,6+;/m0./s1. The molecule has 0 spiro atoms. The molecule has 0 amide bonds. The third-order valence-corrected chi connectivity index (χ3v) is 1.89. The lowest BCUT2D eigenvalue weighted by atomic mass is 10.0. The largest absolute Gasteiger partial charge is 0.481 e. The van der Waals surface area contributed by atoms with Crippen LogP contribution in [-0.2, 0) is 9.59 Å². The molecule has 5 atom stereocenters. The van der Waals surface area contributed by atoms with Gasteiger partial charge in [0, 0.05) is 0 Å². The Bertz CT molecular complexity index is 255. The van der Waals surface area contributed by atoms with Crippen molar-refractivity contribution >= 4 is 12.3 Å². The summed E-state index contributed by atoms with van der Waals surface area (Å²) in [6, 6.07) is 0. The lowest BCUT2D eigenvalue weighted by Gasteiger charge is -2.22. The minimum absolute atomic E-state index is 0.0258. The Kier molecular flexibility index (Phi) is 11.5. The van der Waals surface area contributed by atoms with E-state index in [9.17, 15) is 9.59 Å². The first-order valence-electron chi connectivity index (χ1n) is 5.35. The van der Waals surface area contributed by atoms with Gasteiger partial charge in [-0.3, -0.25) is 4.79 Å². The third kappa shape index (κ3) is 10.5. The van der Waals surface area contributed by atoms with Crippen molar-refractivity contribution in [3.05, 3.63) is 0 Å². The van der Waals surface area contributed by atoms with Gasteiger partial charge in [0.2, 0.25) is 0 Å². The summed E-state index contributed by atoms with van der Waals surface area (Å²) in [5, 5.41) is 59.8. The van der Waals surface area contributed by atoms with Gasteiger partial charge in [-0.1, -0.05) is 0 Å². The van der Waals surface area contributed by atoms with Gasteiger partial charge in [-0.05, 0) is 6.92 Å². The summed E-state index contributed by atoms with van der Waals surface area (Å²) in [4.78, 5) is 19.5. The van der Waals surface area contributed by atoms with E-state index in [1.54, 1.807) is 0 Å². The third-order valence-electron chi connectivity index (χ3n) is 1.89. The first kappa shape index (κ1) is 20.2. The van der Waals surface area contributed by atoms with Crippen LogP contribution in [0, 0.1) is 0 Å². The Morgan fingerprint density at radius 3 is 1.79 bits per heavy atom. The molecular weight excluding hydrogens is 264 g/mol. The van der Waals surface area contributed by atoms with Gasteiger partial charge in [0.25, 0.3) is 0 Å². The van der Waals surface area contributed by atoms with Gasteiger partial charge in [-0.15, -0.1) is 0 Å². The molecule has 0 aromatic carbocycles. The number of aliphatic hydroxyl groups is 6. The maximum Gasteiger partial charge on any atom is 0.305 e. The maximum atomic E-state index is 9.90. The fraction of sp³-hybridized carbons (Fsp3) is 0.800. The Morgan fingerprint density at radius 1 is 1.11 bits per heavy atom. The molecule has 0 aliphatic carbocycles. The number of carbonyl (C=O) groups excluding carboxylic acids is 1. The minimum Gasteiger partial charge on any atom is -0.481 e. The second-order valence-corrected chi connectivity index (χ2v) is 3.80. The monoisotopic (exact) mass is 284 g/mol. The Hall–Kier alpha value is -1.10. The molecule has 0 rings (SSSR count). The zero-order chi connectivity index (χ0) is 15.6. The van der Waals surface area contributed by atoms with Gasteiger partial charge in [0.15, 0.2) is 6.29 Å². The first-order valence-corrected chi connectivity index (χ1v) is 5.35. The lowest BCUT2D eigenvalue weighted by molar-refractivity contribution is -0.139. The number of hydrogen-bond donors (Lipinski definition) is 7. The Balaban J connectivity index is 0. The minimum atomic E-state index is -1.79. The second-order valence-electron chi connectivity index (χ2n) is 3.80. The topological polar surface area (TPSA) is 176 Å². The van der Waals surface area contributed by atoms with Crippen LogP contribution in [0.4, 0.5) is 0 Å². The summed E-state index contributed by atoms with van der Waals surface area (Å²) < 4.78 is 0. The van der Waals surface area contributed by atoms with Crippen molar-refractivity contribution in [3.63, 3.8) is 0 Å². The molecule has 1 unspecified atom stereocenters. The van der Waals surface area contributed by atoms with Crippen LogP contribution in [0.3, 0.4) is 0 Å². The number of carbonyl (C=O) groups is 2. The molecule has 0 bridgehead atoms. The van der Waals surface area contributed by atoms with E-state index in [-0.39, 0.29) is 12.7 Å². The van der Waals surface area contributed by atoms with Crippen LogP contribution in [0.2, 0.25) is 0 Å². The van der Waals surface area contributed by atoms with Gasteiger partial charge < -0.3 is 40.5 Å². The van der Waals surface area contributed by atoms with E-state index in [0.29, 0.717) is 0 Å². The predicted octanol–water partition coefficient (Wildman–Crippen LogP) is -3.54. The number of carboxylic acids is 1. The van der Waals surface area contributed by atoms with Gasteiger partial charge in [0.1, 0.15) is 24.4 Å². The number of aldehydes is 1. The van der Waals surface area contributed by atoms with Crippen molar-refractivity contribution in [2.75, 3.05) is 6.61 Å². The van der Waals surface area contributed by atoms with E-state index < -0.39 is 43.1 Å². The average molecular weight is 284 g/mol. The molecule has 0 heterocycles. The van der Waals surface area contributed by atoms with E-state index in [1.807, 2.05) is 0 Å². The van der Waals surface area contributed by atoms with Crippen molar-refractivity contribution in [3.8, 4) is 0 Å². The van der Waals surface area contributed by atoms with Crippen molar-refractivity contribution < 1.29 is 45.3 Å². The zero-order valence-corrected chi connectivity index (χ0v) is 10.3. The molecule has 0 aliphatic heterocycles. The number of aliphatic carboxylic acids is 1. The highest BCUT2D eigenvalue weighted by Crippen LogP contribution is 2.02.